The summed E-state index contributed by atoms with van der Waals surface area (Å²) >= 11 is 14.4. The number of guanidine groups is 2. The Balaban J connectivity index is 3.34. The molecule has 0 bridgehead atoms. The van der Waals surface area contributed by atoms with E-state index in [4.69, 9.17) is 40.4 Å². The van der Waals surface area contributed by atoms with Crippen molar-refractivity contribution in [3.63, 3.8) is 0 Å². The SMILES string of the molecule is NC(N)=NC(N)=Nc1c(Br)cc(Cl)c(Cl)c1F. The van der Waals surface area contributed by atoms with Gasteiger partial charge in [0.25, 0.3) is 0 Å². The lowest BCUT2D eigenvalue weighted by atomic mass is 10.3. The molecule has 0 atom stereocenters. The smallest absolute Gasteiger partial charge is 0.223 e. The van der Waals surface area contributed by atoms with Crippen LogP contribution in [0, 0.1) is 5.82 Å². The van der Waals surface area contributed by atoms with Crippen LogP contribution in [0.1, 0.15) is 0 Å². The predicted molar refractivity (Wildman–Crippen MR) is 71.2 cm³/mol. The maximum Gasteiger partial charge on any atom is 0.223 e. The molecule has 0 spiro atoms. The molecule has 0 fully saturated rings. The number of rotatable bonds is 1. The molecule has 0 aliphatic heterocycles. The van der Waals surface area contributed by atoms with Crippen molar-refractivity contribution >= 4 is 56.7 Å². The summed E-state index contributed by atoms with van der Waals surface area (Å²) in [5, 5.41) is -0.207. The topological polar surface area (TPSA) is 103 Å². The fourth-order valence-corrected chi connectivity index (χ4v) is 1.89. The Bertz CT molecular complexity index is 513. The molecule has 6 N–H and O–H groups in total. The highest BCUT2D eigenvalue weighted by atomic mass is 79.9. The van der Waals surface area contributed by atoms with Gasteiger partial charge in [0, 0.05) is 4.47 Å². The molecule has 9 heteroatoms. The Morgan fingerprint density at radius 2 is 1.88 bits per heavy atom. The second-order valence-corrected chi connectivity index (χ2v) is 4.46. The third-order valence-electron chi connectivity index (χ3n) is 1.56. The minimum Gasteiger partial charge on any atom is -0.370 e. The molecule has 0 aliphatic carbocycles. The van der Waals surface area contributed by atoms with Gasteiger partial charge in [-0.2, -0.15) is 4.99 Å². The number of hydrogen-bond acceptors (Lipinski definition) is 1. The highest BCUT2D eigenvalue weighted by Gasteiger charge is 2.14. The van der Waals surface area contributed by atoms with Gasteiger partial charge in [0.1, 0.15) is 5.69 Å². The molecule has 1 rings (SSSR count). The lowest BCUT2D eigenvalue weighted by Gasteiger charge is -2.05. The van der Waals surface area contributed by atoms with E-state index in [0.29, 0.717) is 0 Å². The van der Waals surface area contributed by atoms with Crippen LogP contribution >= 0.6 is 39.1 Å². The van der Waals surface area contributed by atoms with Crippen LogP contribution in [0.5, 0.6) is 0 Å². The molecular formula is C8H7BrCl2FN5. The quantitative estimate of drug-likeness (QED) is 0.315. The third-order valence-corrected chi connectivity index (χ3v) is 2.93. The van der Waals surface area contributed by atoms with Gasteiger partial charge in [-0.3, -0.25) is 0 Å². The first-order chi connectivity index (χ1) is 7.82. The van der Waals surface area contributed by atoms with Gasteiger partial charge < -0.3 is 17.2 Å². The molecule has 0 heterocycles. The van der Waals surface area contributed by atoms with Crippen molar-refractivity contribution < 1.29 is 4.39 Å². The minimum absolute atomic E-state index is 0.0513. The van der Waals surface area contributed by atoms with E-state index in [2.05, 4.69) is 25.9 Å². The van der Waals surface area contributed by atoms with Crippen molar-refractivity contribution in [2.24, 2.45) is 27.2 Å². The highest BCUT2D eigenvalue weighted by Crippen LogP contribution is 2.37. The van der Waals surface area contributed by atoms with Crippen molar-refractivity contribution in [3.8, 4) is 0 Å². The average Bonchev–Trinajstić information content (AvgIpc) is 2.20. The molecular weight excluding hydrogens is 336 g/mol. The van der Waals surface area contributed by atoms with E-state index in [9.17, 15) is 4.39 Å². The zero-order valence-corrected chi connectivity index (χ0v) is 11.3. The van der Waals surface area contributed by atoms with Gasteiger partial charge in [0.2, 0.25) is 5.96 Å². The number of nitrogens with zero attached hydrogens (tertiary/aromatic N) is 2. The zero-order valence-electron chi connectivity index (χ0n) is 8.22. The lowest BCUT2D eigenvalue weighted by molar-refractivity contribution is 0.629. The van der Waals surface area contributed by atoms with Gasteiger partial charge in [-0.15, -0.1) is 0 Å². The van der Waals surface area contributed by atoms with E-state index < -0.39 is 5.82 Å². The van der Waals surface area contributed by atoms with Crippen LogP contribution in [0.25, 0.3) is 0 Å². The van der Waals surface area contributed by atoms with E-state index in [0.717, 1.165) is 0 Å². The summed E-state index contributed by atoms with van der Waals surface area (Å²) in [4.78, 5) is 7.13. The average molecular weight is 343 g/mol. The predicted octanol–water partition coefficient (Wildman–Crippen LogP) is 2.11. The standard InChI is InChI=1S/C8H7BrCl2FN5/c9-2-1-3(10)4(11)5(12)6(2)16-8(15)17-7(13)14/h1H,(H6,13,14,15,16,17). The fraction of sp³-hybridized carbons (Fsp3) is 0. The van der Waals surface area contributed by atoms with Crippen molar-refractivity contribution in [1.29, 1.82) is 0 Å². The van der Waals surface area contributed by atoms with Crippen molar-refractivity contribution in [2.75, 3.05) is 0 Å². The van der Waals surface area contributed by atoms with Gasteiger partial charge >= 0.3 is 0 Å². The van der Waals surface area contributed by atoms with E-state index in [-0.39, 0.29) is 32.1 Å². The summed E-state index contributed by atoms with van der Waals surface area (Å²) in [6, 6.07) is 1.38. The number of hydrogen-bond donors (Lipinski definition) is 3. The Morgan fingerprint density at radius 1 is 1.29 bits per heavy atom. The number of aliphatic imine (C=N–C) groups is 2. The summed E-state index contributed by atoms with van der Waals surface area (Å²) < 4.78 is 14.0. The number of halogens is 4. The Morgan fingerprint density at radius 3 is 2.41 bits per heavy atom. The maximum atomic E-state index is 13.7. The molecule has 92 valence electrons. The summed E-state index contributed by atoms with van der Waals surface area (Å²) in [5.41, 5.74) is 15.4. The van der Waals surface area contributed by atoms with Crippen LogP contribution in [-0.4, -0.2) is 11.9 Å². The fourth-order valence-electron chi connectivity index (χ4n) is 0.931. The summed E-state index contributed by atoms with van der Waals surface area (Å²) in [7, 11) is 0. The van der Waals surface area contributed by atoms with Crippen LogP contribution in [0.2, 0.25) is 10.0 Å². The van der Waals surface area contributed by atoms with E-state index in [1.54, 1.807) is 0 Å². The first-order valence-corrected chi connectivity index (χ1v) is 5.64. The Labute approximate surface area is 115 Å². The first-order valence-electron chi connectivity index (χ1n) is 4.09. The van der Waals surface area contributed by atoms with E-state index in [1.807, 2.05) is 0 Å². The number of benzene rings is 1. The molecule has 0 unspecified atom stereocenters. The monoisotopic (exact) mass is 341 g/mol. The van der Waals surface area contributed by atoms with Crippen LogP contribution < -0.4 is 17.2 Å². The molecule has 0 aromatic heterocycles. The molecule has 0 aliphatic rings. The van der Waals surface area contributed by atoms with Crippen molar-refractivity contribution in [3.05, 3.63) is 26.4 Å². The third kappa shape index (κ3) is 3.45. The molecule has 1 aromatic carbocycles. The second kappa shape index (κ2) is 5.52. The van der Waals surface area contributed by atoms with E-state index in [1.165, 1.54) is 6.07 Å². The van der Waals surface area contributed by atoms with Crippen molar-refractivity contribution in [1.82, 2.24) is 0 Å². The van der Waals surface area contributed by atoms with Gasteiger partial charge in [-0.25, -0.2) is 9.38 Å². The molecule has 0 amide bonds. The minimum atomic E-state index is -0.820. The van der Waals surface area contributed by atoms with Crippen LogP contribution in [-0.2, 0) is 0 Å². The van der Waals surface area contributed by atoms with Crippen LogP contribution in [0.4, 0.5) is 10.1 Å². The van der Waals surface area contributed by atoms with Crippen LogP contribution in [0.3, 0.4) is 0 Å². The summed E-state index contributed by atoms with van der Waals surface area (Å²) in [5.74, 6) is -1.41. The second-order valence-electron chi connectivity index (χ2n) is 2.82. The summed E-state index contributed by atoms with van der Waals surface area (Å²) in [6.07, 6.45) is 0. The lowest BCUT2D eigenvalue weighted by Crippen LogP contribution is -2.26. The Hall–Kier alpha value is -1.05. The summed E-state index contributed by atoms with van der Waals surface area (Å²) in [6.45, 7) is 0. The van der Waals surface area contributed by atoms with Gasteiger partial charge in [-0.1, -0.05) is 23.2 Å². The van der Waals surface area contributed by atoms with Gasteiger partial charge in [0.05, 0.1) is 10.0 Å². The highest BCUT2D eigenvalue weighted by molar-refractivity contribution is 9.10. The largest absolute Gasteiger partial charge is 0.370 e. The number of nitrogens with two attached hydrogens (primary N) is 3. The molecule has 17 heavy (non-hydrogen) atoms. The van der Waals surface area contributed by atoms with Crippen molar-refractivity contribution in [2.45, 2.75) is 0 Å². The normalized spacial score (nSPS) is 11.4. The molecule has 5 nitrogen and oxygen atoms in total. The van der Waals surface area contributed by atoms with E-state index >= 15 is 0 Å². The molecule has 0 saturated carbocycles. The molecule has 0 saturated heterocycles. The van der Waals surface area contributed by atoms with Gasteiger partial charge in [0.15, 0.2) is 11.8 Å². The maximum absolute atomic E-state index is 13.7. The van der Waals surface area contributed by atoms with Crippen LogP contribution in [0.15, 0.2) is 20.5 Å². The Kier molecular flexibility index (Phi) is 4.55. The zero-order chi connectivity index (χ0) is 13.2. The molecule has 1 aromatic rings. The first kappa shape index (κ1) is 14.0. The van der Waals surface area contributed by atoms with Gasteiger partial charge in [-0.05, 0) is 22.0 Å². The molecule has 0 radical (unpaired) electrons.